The van der Waals surface area contributed by atoms with Crippen molar-refractivity contribution in [3.05, 3.63) is 40.6 Å². The van der Waals surface area contributed by atoms with Gasteiger partial charge in [0.2, 0.25) is 0 Å². The fourth-order valence-corrected chi connectivity index (χ4v) is 2.06. The third kappa shape index (κ3) is 3.61. The molecule has 1 N–H and O–H groups in total. The second kappa shape index (κ2) is 6.72. The minimum absolute atomic E-state index is 0.199. The van der Waals surface area contributed by atoms with Crippen LogP contribution in [-0.2, 0) is 6.42 Å². The molecule has 1 aromatic heterocycles. The van der Waals surface area contributed by atoms with Gasteiger partial charge >= 0.3 is 0 Å². The molecule has 0 saturated carbocycles. The Labute approximate surface area is 128 Å². The predicted octanol–water partition coefficient (Wildman–Crippen LogP) is 4.28. The first-order valence-corrected chi connectivity index (χ1v) is 7.06. The number of nitrogens with one attached hydrogen (secondary N) is 1. The number of aryl methyl sites for hydroxylation is 1. The molecule has 0 amide bonds. The first-order valence-electron chi connectivity index (χ1n) is 6.68. The molecule has 0 aliphatic rings. The van der Waals surface area contributed by atoms with E-state index >= 15 is 0 Å². The monoisotopic (exact) mass is 309 g/mol. The van der Waals surface area contributed by atoms with E-state index in [9.17, 15) is 4.39 Å². The van der Waals surface area contributed by atoms with E-state index in [1.165, 1.54) is 13.2 Å². The van der Waals surface area contributed by atoms with Crippen LogP contribution in [0.25, 0.3) is 0 Å². The molecule has 1 aromatic carbocycles. The van der Waals surface area contributed by atoms with Gasteiger partial charge in [-0.1, -0.05) is 18.5 Å². The van der Waals surface area contributed by atoms with Crippen LogP contribution in [-0.4, -0.2) is 17.1 Å². The number of benzene rings is 1. The minimum Gasteiger partial charge on any atom is -0.494 e. The van der Waals surface area contributed by atoms with E-state index in [2.05, 4.69) is 15.3 Å². The summed E-state index contributed by atoms with van der Waals surface area (Å²) < 4.78 is 18.6. The lowest BCUT2D eigenvalue weighted by Crippen LogP contribution is -2.04. The number of halogens is 2. The molecule has 6 heteroatoms. The first kappa shape index (κ1) is 15.5. The summed E-state index contributed by atoms with van der Waals surface area (Å²) in [5.74, 6) is 1.02. The molecular weight excluding hydrogens is 293 g/mol. The van der Waals surface area contributed by atoms with Crippen molar-refractivity contribution in [1.82, 2.24) is 9.97 Å². The molecule has 21 heavy (non-hydrogen) atoms. The molecule has 0 spiro atoms. The van der Waals surface area contributed by atoms with E-state index in [1.54, 1.807) is 12.1 Å². The molecule has 0 saturated heterocycles. The van der Waals surface area contributed by atoms with Crippen LogP contribution in [0.15, 0.2) is 18.2 Å². The van der Waals surface area contributed by atoms with Crippen LogP contribution >= 0.6 is 11.6 Å². The number of nitrogens with zero attached hydrogens (tertiary/aromatic N) is 2. The summed E-state index contributed by atoms with van der Waals surface area (Å²) in [5, 5.41) is 3.48. The van der Waals surface area contributed by atoms with Gasteiger partial charge in [-0.3, -0.25) is 0 Å². The van der Waals surface area contributed by atoms with Gasteiger partial charge in [0.25, 0.3) is 0 Å². The average Bonchev–Trinajstić information content (AvgIpc) is 2.45. The smallest absolute Gasteiger partial charge is 0.167 e. The number of hydrogen-bond donors (Lipinski definition) is 1. The number of methoxy groups -OCH3 is 1. The number of aromatic nitrogens is 2. The van der Waals surface area contributed by atoms with Crippen LogP contribution in [0.2, 0.25) is 5.15 Å². The van der Waals surface area contributed by atoms with E-state index in [1.807, 2.05) is 13.8 Å². The SMILES string of the molecule is CCCc1nc(Cl)c(C)c(Nc2ccc(OC)c(F)c2)n1. The van der Waals surface area contributed by atoms with Crippen molar-refractivity contribution in [2.24, 2.45) is 0 Å². The highest BCUT2D eigenvalue weighted by atomic mass is 35.5. The highest BCUT2D eigenvalue weighted by molar-refractivity contribution is 6.30. The van der Waals surface area contributed by atoms with Gasteiger partial charge in [-0.25, -0.2) is 14.4 Å². The normalized spacial score (nSPS) is 10.5. The molecule has 2 aromatic rings. The lowest BCUT2D eigenvalue weighted by atomic mass is 10.2. The minimum atomic E-state index is -0.436. The number of rotatable bonds is 5. The second-order valence-electron chi connectivity index (χ2n) is 4.63. The highest BCUT2D eigenvalue weighted by Gasteiger charge is 2.10. The Bertz CT molecular complexity index is 649. The van der Waals surface area contributed by atoms with Crippen LogP contribution in [0.4, 0.5) is 15.9 Å². The van der Waals surface area contributed by atoms with Crippen molar-refractivity contribution < 1.29 is 9.13 Å². The van der Waals surface area contributed by atoms with Crippen LogP contribution in [0.3, 0.4) is 0 Å². The molecular formula is C15H17ClFN3O. The Morgan fingerprint density at radius 2 is 2.10 bits per heavy atom. The van der Waals surface area contributed by atoms with Crippen molar-refractivity contribution in [3.8, 4) is 5.75 Å². The van der Waals surface area contributed by atoms with Crippen molar-refractivity contribution in [2.45, 2.75) is 26.7 Å². The Balaban J connectivity index is 2.32. The van der Waals surface area contributed by atoms with Crippen LogP contribution in [0, 0.1) is 12.7 Å². The van der Waals surface area contributed by atoms with Crippen LogP contribution in [0.1, 0.15) is 24.7 Å². The standard InChI is InChI=1S/C15H17ClFN3O/c1-4-5-13-19-14(16)9(2)15(20-13)18-10-6-7-12(21-3)11(17)8-10/h6-8H,4-5H2,1-3H3,(H,18,19,20). The number of ether oxygens (including phenoxy) is 1. The lowest BCUT2D eigenvalue weighted by Gasteiger charge is -2.12. The van der Waals surface area contributed by atoms with Gasteiger partial charge in [-0.2, -0.15) is 0 Å². The maximum Gasteiger partial charge on any atom is 0.167 e. The molecule has 1 heterocycles. The summed E-state index contributed by atoms with van der Waals surface area (Å²) in [4.78, 5) is 8.66. The van der Waals surface area contributed by atoms with Gasteiger partial charge in [0.1, 0.15) is 16.8 Å². The molecule has 0 atom stereocenters. The zero-order valence-corrected chi connectivity index (χ0v) is 13.0. The zero-order valence-electron chi connectivity index (χ0n) is 12.2. The summed E-state index contributed by atoms with van der Waals surface area (Å²) in [6, 6.07) is 4.63. The van der Waals surface area contributed by atoms with Gasteiger partial charge in [-0.05, 0) is 25.5 Å². The third-order valence-corrected chi connectivity index (χ3v) is 3.39. The molecule has 0 unspecified atom stereocenters. The highest BCUT2D eigenvalue weighted by Crippen LogP contribution is 2.26. The molecule has 0 radical (unpaired) electrons. The summed E-state index contributed by atoms with van der Waals surface area (Å²) in [6.07, 6.45) is 1.67. The molecule has 0 aliphatic heterocycles. The van der Waals surface area contributed by atoms with Gasteiger partial charge in [0.05, 0.1) is 7.11 Å². The predicted molar refractivity (Wildman–Crippen MR) is 82.0 cm³/mol. The maximum atomic E-state index is 13.7. The summed E-state index contributed by atoms with van der Waals surface area (Å²) in [6.45, 7) is 3.86. The summed E-state index contributed by atoms with van der Waals surface area (Å²) in [7, 11) is 1.43. The van der Waals surface area contributed by atoms with E-state index in [-0.39, 0.29) is 5.75 Å². The molecule has 112 valence electrons. The van der Waals surface area contributed by atoms with Gasteiger partial charge < -0.3 is 10.1 Å². The van der Waals surface area contributed by atoms with E-state index < -0.39 is 5.82 Å². The Hall–Kier alpha value is -1.88. The Morgan fingerprint density at radius 1 is 1.33 bits per heavy atom. The summed E-state index contributed by atoms with van der Waals surface area (Å²) in [5.41, 5.74) is 1.31. The van der Waals surface area contributed by atoms with Crippen molar-refractivity contribution in [1.29, 1.82) is 0 Å². The fraction of sp³-hybridized carbons (Fsp3) is 0.333. The van der Waals surface area contributed by atoms with E-state index in [0.717, 1.165) is 18.4 Å². The second-order valence-corrected chi connectivity index (χ2v) is 4.99. The van der Waals surface area contributed by atoms with Gasteiger partial charge in [0.15, 0.2) is 11.6 Å². The molecule has 4 nitrogen and oxygen atoms in total. The number of hydrogen-bond acceptors (Lipinski definition) is 4. The molecule has 2 rings (SSSR count). The van der Waals surface area contributed by atoms with E-state index in [4.69, 9.17) is 16.3 Å². The number of anilines is 2. The fourth-order valence-electron chi connectivity index (χ4n) is 1.87. The lowest BCUT2D eigenvalue weighted by molar-refractivity contribution is 0.386. The topological polar surface area (TPSA) is 47.0 Å². The van der Waals surface area contributed by atoms with Crippen LogP contribution in [0.5, 0.6) is 5.75 Å². The van der Waals surface area contributed by atoms with Gasteiger partial charge in [-0.15, -0.1) is 0 Å². The van der Waals surface area contributed by atoms with Crippen molar-refractivity contribution in [3.63, 3.8) is 0 Å². The Morgan fingerprint density at radius 3 is 2.71 bits per heavy atom. The maximum absolute atomic E-state index is 13.7. The van der Waals surface area contributed by atoms with Crippen molar-refractivity contribution >= 4 is 23.1 Å². The zero-order chi connectivity index (χ0) is 15.4. The average molecular weight is 310 g/mol. The molecule has 0 bridgehead atoms. The molecule has 0 fully saturated rings. The van der Waals surface area contributed by atoms with Crippen LogP contribution < -0.4 is 10.1 Å². The molecule has 0 aliphatic carbocycles. The Kier molecular flexibility index (Phi) is 4.96. The first-order chi connectivity index (χ1) is 10.0. The largest absolute Gasteiger partial charge is 0.494 e. The third-order valence-electron chi connectivity index (χ3n) is 3.02. The van der Waals surface area contributed by atoms with Crippen molar-refractivity contribution in [2.75, 3.05) is 12.4 Å². The quantitative estimate of drug-likeness (QED) is 0.837. The van der Waals surface area contributed by atoms with Gasteiger partial charge in [0, 0.05) is 23.7 Å². The summed E-state index contributed by atoms with van der Waals surface area (Å²) >= 11 is 6.11. The van der Waals surface area contributed by atoms with E-state index in [0.29, 0.717) is 22.5 Å².